The van der Waals surface area contributed by atoms with Crippen LogP contribution >= 0.6 is 0 Å². The second-order valence-electron chi connectivity index (χ2n) is 8.95. The molecule has 1 aliphatic rings. The highest BCUT2D eigenvalue weighted by molar-refractivity contribution is 5.94. The molecule has 7 nitrogen and oxygen atoms in total. The monoisotopic (exact) mass is 462 g/mol. The second kappa shape index (κ2) is 9.27. The number of aryl methyl sites for hydroxylation is 1. The van der Waals surface area contributed by atoms with Crippen molar-refractivity contribution in [1.82, 2.24) is 25.0 Å². The van der Waals surface area contributed by atoms with Gasteiger partial charge in [-0.05, 0) is 42.8 Å². The first-order chi connectivity index (χ1) is 17.2. The predicted octanol–water partition coefficient (Wildman–Crippen LogP) is 4.98. The summed E-state index contributed by atoms with van der Waals surface area (Å²) < 4.78 is 5.52. The molecule has 174 valence electrons. The van der Waals surface area contributed by atoms with Gasteiger partial charge in [0.2, 0.25) is 0 Å². The van der Waals surface area contributed by atoms with Crippen LogP contribution in [-0.2, 0) is 6.54 Å². The minimum Gasteiger partial charge on any atom is -0.368 e. The summed E-state index contributed by atoms with van der Waals surface area (Å²) >= 11 is 0. The summed E-state index contributed by atoms with van der Waals surface area (Å²) in [4.78, 5) is 18.3. The fourth-order valence-corrected chi connectivity index (χ4v) is 4.68. The fraction of sp³-hybridized carbons (Fsp3) is 0.214. The SMILES string of the molecule is Cc1cccc(-c2nc(CN3CCN(c4ccnc5cc(-c6cccnc6)ccc45)CC3)no2)c1. The molecule has 0 radical (unpaired) electrons. The third kappa shape index (κ3) is 4.50. The quantitative estimate of drug-likeness (QED) is 0.365. The topological polar surface area (TPSA) is 71.2 Å². The van der Waals surface area contributed by atoms with Crippen LogP contribution in [0.15, 0.2) is 83.8 Å². The molecule has 35 heavy (non-hydrogen) atoms. The normalized spacial score (nSPS) is 14.5. The zero-order valence-electron chi connectivity index (χ0n) is 19.6. The van der Waals surface area contributed by atoms with Gasteiger partial charge in [-0.15, -0.1) is 0 Å². The van der Waals surface area contributed by atoms with E-state index in [9.17, 15) is 0 Å². The van der Waals surface area contributed by atoms with Gasteiger partial charge >= 0.3 is 0 Å². The first-order valence-electron chi connectivity index (χ1n) is 11.9. The van der Waals surface area contributed by atoms with Crippen molar-refractivity contribution in [2.24, 2.45) is 0 Å². The largest absolute Gasteiger partial charge is 0.368 e. The van der Waals surface area contributed by atoms with Crippen LogP contribution in [0, 0.1) is 6.92 Å². The van der Waals surface area contributed by atoms with Crippen LogP contribution in [0.2, 0.25) is 0 Å². The van der Waals surface area contributed by atoms with E-state index >= 15 is 0 Å². The molecule has 0 spiro atoms. The Morgan fingerprint density at radius 3 is 2.57 bits per heavy atom. The second-order valence-corrected chi connectivity index (χ2v) is 8.95. The molecular weight excluding hydrogens is 436 g/mol. The summed E-state index contributed by atoms with van der Waals surface area (Å²) in [5.41, 5.74) is 6.60. The molecule has 0 amide bonds. The summed E-state index contributed by atoms with van der Waals surface area (Å²) in [5, 5.41) is 5.39. The summed E-state index contributed by atoms with van der Waals surface area (Å²) in [7, 11) is 0. The van der Waals surface area contributed by atoms with E-state index in [2.05, 4.69) is 79.3 Å². The number of benzene rings is 2. The Morgan fingerprint density at radius 2 is 1.74 bits per heavy atom. The van der Waals surface area contributed by atoms with Crippen LogP contribution in [0.3, 0.4) is 0 Å². The number of hydrogen-bond acceptors (Lipinski definition) is 7. The minimum atomic E-state index is 0.580. The Bertz CT molecular complexity index is 1460. The van der Waals surface area contributed by atoms with Crippen LogP contribution in [0.25, 0.3) is 33.5 Å². The van der Waals surface area contributed by atoms with Gasteiger partial charge in [0.15, 0.2) is 5.82 Å². The van der Waals surface area contributed by atoms with Crippen molar-refractivity contribution in [2.45, 2.75) is 13.5 Å². The number of anilines is 1. The Labute approximate surface area is 204 Å². The maximum atomic E-state index is 5.52. The molecule has 7 heteroatoms. The zero-order valence-corrected chi connectivity index (χ0v) is 19.6. The van der Waals surface area contributed by atoms with Crippen molar-refractivity contribution in [1.29, 1.82) is 0 Å². The lowest BCUT2D eigenvalue weighted by Crippen LogP contribution is -2.46. The number of fused-ring (bicyclic) bond motifs is 1. The molecule has 5 aromatic rings. The van der Waals surface area contributed by atoms with E-state index in [4.69, 9.17) is 4.52 Å². The van der Waals surface area contributed by atoms with E-state index in [1.54, 1.807) is 6.20 Å². The highest BCUT2D eigenvalue weighted by atomic mass is 16.5. The van der Waals surface area contributed by atoms with Gasteiger partial charge in [-0.1, -0.05) is 41.1 Å². The number of nitrogens with zero attached hydrogens (tertiary/aromatic N) is 6. The Morgan fingerprint density at radius 1 is 0.857 bits per heavy atom. The predicted molar refractivity (Wildman–Crippen MR) is 137 cm³/mol. The highest BCUT2D eigenvalue weighted by Crippen LogP contribution is 2.30. The van der Waals surface area contributed by atoms with Gasteiger partial charge in [-0.25, -0.2) is 0 Å². The van der Waals surface area contributed by atoms with E-state index in [1.807, 2.05) is 30.6 Å². The lowest BCUT2D eigenvalue weighted by Gasteiger charge is -2.36. The summed E-state index contributed by atoms with van der Waals surface area (Å²) in [6.45, 7) is 6.50. The molecule has 0 atom stereocenters. The lowest BCUT2D eigenvalue weighted by atomic mass is 10.0. The van der Waals surface area contributed by atoms with Gasteiger partial charge in [0.1, 0.15) is 0 Å². The molecule has 4 heterocycles. The van der Waals surface area contributed by atoms with Gasteiger partial charge in [-0.3, -0.25) is 14.9 Å². The van der Waals surface area contributed by atoms with Gasteiger partial charge in [0, 0.05) is 67.0 Å². The number of rotatable bonds is 5. The Hall–Kier alpha value is -4.10. The van der Waals surface area contributed by atoms with Crippen LogP contribution in [0.5, 0.6) is 0 Å². The minimum absolute atomic E-state index is 0.580. The van der Waals surface area contributed by atoms with E-state index < -0.39 is 0 Å². The zero-order chi connectivity index (χ0) is 23.6. The number of hydrogen-bond donors (Lipinski definition) is 0. The Kier molecular flexibility index (Phi) is 5.68. The van der Waals surface area contributed by atoms with Gasteiger partial charge < -0.3 is 9.42 Å². The van der Waals surface area contributed by atoms with Crippen LogP contribution in [0.4, 0.5) is 5.69 Å². The number of piperazine rings is 1. The van der Waals surface area contributed by atoms with Crippen molar-refractivity contribution in [2.75, 3.05) is 31.1 Å². The molecule has 0 bridgehead atoms. The molecule has 1 aliphatic heterocycles. The molecule has 0 N–H and O–H groups in total. The molecule has 0 saturated carbocycles. The van der Waals surface area contributed by atoms with E-state index in [1.165, 1.54) is 16.6 Å². The maximum absolute atomic E-state index is 5.52. The third-order valence-corrected chi connectivity index (χ3v) is 6.53. The standard InChI is InChI=1S/C28H26N6O/c1-20-4-2-5-22(16-20)28-31-27(32-35-28)19-33-12-14-34(15-13-33)26-9-11-30-25-17-21(7-8-24(25)26)23-6-3-10-29-18-23/h2-11,16-18H,12-15,19H2,1H3. The summed E-state index contributed by atoms with van der Waals surface area (Å²) in [5.74, 6) is 1.31. The smallest absolute Gasteiger partial charge is 0.257 e. The van der Waals surface area contributed by atoms with Crippen LogP contribution < -0.4 is 4.90 Å². The summed E-state index contributed by atoms with van der Waals surface area (Å²) in [6.07, 6.45) is 5.59. The molecule has 0 aliphatic carbocycles. The van der Waals surface area contributed by atoms with Crippen LogP contribution in [-0.4, -0.2) is 51.2 Å². The van der Waals surface area contributed by atoms with Crippen molar-refractivity contribution in [3.05, 3.63) is 90.6 Å². The molecule has 2 aromatic carbocycles. The van der Waals surface area contributed by atoms with E-state index in [0.717, 1.165) is 54.2 Å². The summed E-state index contributed by atoms with van der Waals surface area (Å²) in [6, 6.07) is 20.8. The average Bonchev–Trinajstić information content (AvgIpc) is 3.38. The molecule has 6 rings (SSSR count). The highest BCUT2D eigenvalue weighted by Gasteiger charge is 2.21. The average molecular weight is 463 g/mol. The molecule has 1 fully saturated rings. The van der Waals surface area contributed by atoms with Gasteiger partial charge in [-0.2, -0.15) is 4.98 Å². The number of aromatic nitrogens is 4. The van der Waals surface area contributed by atoms with Gasteiger partial charge in [0.25, 0.3) is 5.89 Å². The fourth-order valence-electron chi connectivity index (χ4n) is 4.68. The van der Waals surface area contributed by atoms with Crippen LogP contribution in [0.1, 0.15) is 11.4 Å². The first kappa shape index (κ1) is 21.4. The molecule has 3 aromatic heterocycles. The Balaban J connectivity index is 1.14. The molecule has 0 unspecified atom stereocenters. The molecule has 1 saturated heterocycles. The first-order valence-corrected chi connectivity index (χ1v) is 11.9. The van der Waals surface area contributed by atoms with Crippen molar-refractivity contribution in [3.63, 3.8) is 0 Å². The third-order valence-electron chi connectivity index (χ3n) is 6.53. The maximum Gasteiger partial charge on any atom is 0.257 e. The number of pyridine rings is 2. The van der Waals surface area contributed by atoms with E-state index in [-0.39, 0.29) is 0 Å². The van der Waals surface area contributed by atoms with Crippen molar-refractivity contribution >= 4 is 16.6 Å². The van der Waals surface area contributed by atoms with Crippen molar-refractivity contribution in [3.8, 4) is 22.6 Å². The van der Waals surface area contributed by atoms with Crippen molar-refractivity contribution < 1.29 is 4.52 Å². The van der Waals surface area contributed by atoms with E-state index in [0.29, 0.717) is 12.4 Å². The van der Waals surface area contributed by atoms with Gasteiger partial charge in [0.05, 0.1) is 12.1 Å². The molecular formula is C28H26N6O. The lowest BCUT2D eigenvalue weighted by molar-refractivity contribution is 0.240.